The molecule has 106 valence electrons. The first-order valence-corrected chi connectivity index (χ1v) is 7.00. The molecule has 3 aromatic rings. The lowest BCUT2D eigenvalue weighted by Crippen LogP contribution is -2.02. The van der Waals surface area contributed by atoms with Crippen molar-refractivity contribution in [3.05, 3.63) is 48.0 Å². The van der Waals surface area contributed by atoms with E-state index in [4.69, 9.17) is 10.2 Å². The first-order valence-electron chi connectivity index (χ1n) is 6.18. The van der Waals surface area contributed by atoms with Gasteiger partial charge in [0.2, 0.25) is 0 Å². The number of esters is 1. The summed E-state index contributed by atoms with van der Waals surface area (Å²) in [4.78, 5) is 16.6. The third-order valence-electron chi connectivity index (χ3n) is 2.90. The fraction of sp³-hybridized carbons (Fsp3) is 0.0667. The number of nitrogens with two attached hydrogens (primary N) is 1. The van der Waals surface area contributed by atoms with Gasteiger partial charge < -0.3 is 14.9 Å². The van der Waals surface area contributed by atoms with Crippen LogP contribution >= 0.6 is 11.8 Å². The first kappa shape index (κ1) is 13.5. The van der Waals surface area contributed by atoms with Crippen LogP contribution in [0.3, 0.4) is 0 Å². The van der Waals surface area contributed by atoms with E-state index in [1.165, 1.54) is 18.9 Å². The second kappa shape index (κ2) is 5.49. The van der Waals surface area contributed by atoms with Crippen LogP contribution in [0.15, 0.2) is 57.0 Å². The number of hydrogen-bond acceptors (Lipinski definition) is 6. The molecule has 5 nitrogen and oxygen atoms in total. The predicted octanol–water partition coefficient (Wildman–Crippen LogP) is 3.35. The van der Waals surface area contributed by atoms with Gasteiger partial charge in [0.1, 0.15) is 5.52 Å². The summed E-state index contributed by atoms with van der Waals surface area (Å²) >= 11 is 1.31. The molecule has 0 bridgehead atoms. The number of para-hydroxylation sites is 2. The molecule has 0 aliphatic heterocycles. The van der Waals surface area contributed by atoms with Crippen LogP contribution in [0, 0.1) is 0 Å². The first-order chi connectivity index (χ1) is 10.2. The summed E-state index contributed by atoms with van der Waals surface area (Å²) in [7, 11) is 1.33. The van der Waals surface area contributed by atoms with Gasteiger partial charge in [-0.25, -0.2) is 9.78 Å². The third kappa shape index (κ3) is 2.71. The molecule has 0 aliphatic rings. The Morgan fingerprint density at radius 3 is 2.81 bits per heavy atom. The summed E-state index contributed by atoms with van der Waals surface area (Å²) < 4.78 is 10.3. The number of ether oxygens (including phenoxy) is 1. The van der Waals surface area contributed by atoms with E-state index in [9.17, 15) is 4.79 Å². The topological polar surface area (TPSA) is 78.3 Å². The van der Waals surface area contributed by atoms with Crippen molar-refractivity contribution in [1.82, 2.24) is 4.98 Å². The quantitative estimate of drug-likeness (QED) is 0.590. The highest BCUT2D eigenvalue weighted by Gasteiger charge is 2.12. The average Bonchev–Trinajstić information content (AvgIpc) is 2.90. The minimum atomic E-state index is -0.417. The van der Waals surface area contributed by atoms with Gasteiger partial charge in [-0.2, -0.15) is 0 Å². The number of aromatic nitrogens is 1. The normalized spacial score (nSPS) is 10.7. The standard InChI is InChI=1S/C15H12N2O3S/c1-19-14(18)9-6-7-13(10(16)8-9)21-15-17-11-4-2-3-5-12(11)20-15/h2-8H,16H2,1H3. The molecule has 21 heavy (non-hydrogen) atoms. The number of rotatable bonds is 3. The third-order valence-corrected chi connectivity index (χ3v) is 3.84. The zero-order valence-electron chi connectivity index (χ0n) is 11.2. The lowest BCUT2D eigenvalue weighted by atomic mass is 10.2. The SMILES string of the molecule is COC(=O)c1ccc(Sc2nc3ccccc3o2)c(N)c1. The highest BCUT2D eigenvalue weighted by Crippen LogP contribution is 2.33. The van der Waals surface area contributed by atoms with Crippen molar-refractivity contribution in [3.8, 4) is 0 Å². The number of carbonyl (C=O) groups is 1. The van der Waals surface area contributed by atoms with Gasteiger partial charge in [-0.3, -0.25) is 0 Å². The van der Waals surface area contributed by atoms with Gasteiger partial charge >= 0.3 is 5.97 Å². The number of carbonyl (C=O) groups excluding carboxylic acids is 1. The maximum Gasteiger partial charge on any atom is 0.337 e. The minimum Gasteiger partial charge on any atom is -0.465 e. The van der Waals surface area contributed by atoms with Crippen molar-refractivity contribution in [3.63, 3.8) is 0 Å². The highest BCUT2D eigenvalue weighted by molar-refractivity contribution is 7.99. The van der Waals surface area contributed by atoms with E-state index in [1.807, 2.05) is 24.3 Å². The van der Waals surface area contributed by atoms with Crippen LogP contribution in [-0.4, -0.2) is 18.1 Å². The Morgan fingerprint density at radius 2 is 2.10 bits per heavy atom. The second-order valence-electron chi connectivity index (χ2n) is 4.29. The number of benzene rings is 2. The van der Waals surface area contributed by atoms with E-state index >= 15 is 0 Å². The highest BCUT2D eigenvalue weighted by atomic mass is 32.2. The Labute approximate surface area is 125 Å². The van der Waals surface area contributed by atoms with Crippen LogP contribution in [0.25, 0.3) is 11.1 Å². The number of oxazole rings is 1. The van der Waals surface area contributed by atoms with E-state index in [1.54, 1.807) is 18.2 Å². The minimum absolute atomic E-state index is 0.414. The largest absolute Gasteiger partial charge is 0.465 e. The summed E-state index contributed by atoms with van der Waals surface area (Å²) in [6.07, 6.45) is 0. The molecule has 1 heterocycles. The zero-order valence-corrected chi connectivity index (χ0v) is 12.0. The van der Waals surface area contributed by atoms with Crippen LogP contribution < -0.4 is 5.73 Å². The Bertz CT molecular complexity index is 781. The van der Waals surface area contributed by atoms with Gasteiger partial charge in [0.15, 0.2) is 5.58 Å². The molecule has 0 atom stereocenters. The van der Waals surface area contributed by atoms with Gasteiger partial charge in [-0.15, -0.1) is 0 Å². The summed E-state index contributed by atoms with van der Waals surface area (Å²) in [5, 5.41) is 0.508. The monoisotopic (exact) mass is 300 g/mol. The summed E-state index contributed by atoms with van der Waals surface area (Å²) in [5.74, 6) is -0.417. The van der Waals surface area contributed by atoms with Crippen LogP contribution in [0.2, 0.25) is 0 Å². The van der Waals surface area contributed by atoms with Crippen molar-refractivity contribution in [1.29, 1.82) is 0 Å². The number of nitrogen functional groups attached to an aromatic ring is 1. The van der Waals surface area contributed by atoms with Crippen molar-refractivity contribution in [2.75, 3.05) is 12.8 Å². The van der Waals surface area contributed by atoms with Crippen molar-refractivity contribution in [2.45, 2.75) is 10.1 Å². The fourth-order valence-electron chi connectivity index (χ4n) is 1.88. The number of methoxy groups -OCH3 is 1. The molecule has 0 saturated carbocycles. The summed E-state index contributed by atoms with van der Waals surface area (Å²) in [5.41, 5.74) is 8.37. The van der Waals surface area contributed by atoms with Gasteiger partial charge in [0, 0.05) is 10.6 Å². The second-order valence-corrected chi connectivity index (χ2v) is 5.29. The predicted molar refractivity (Wildman–Crippen MR) is 80.3 cm³/mol. The van der Waals surface area contributed by atoms with Crippen molar-refractivity contribution in [2.24, 2.45) is 0 Å². The molecule has 0 spiro atoms. The molecule has 0 fully saturated rings. The lowest BCUT2D eigenvalue weighted by molar-refractivity contribution is 0.0600. The molecule has 2 N–H and O–H groups in total. The Morgan fingerprint density at radius 1 is 1.29 bits per heavy atom. The van der Waals surface area contributed by atoms with Crippen LogP contribution in [0.4, 0.5) is 5.69 Å². The van der Waals surface area contributed by atoms with E-state index in [-0.39, 0.29) is 0 Å². The molecular formula is C15H12N2O3S. The maximum absolute atomic E-state index is 11.4. The molecule has 0 aliphatic carbocycles. The lowest BCUT2D eigenvalue weighted by Gasteiger charge is -2.05. The van der Waals surface area contributed by atoms with Crippen molar-refractivity contribution >= 4 is 34.5 Å². The molecule has 1 aromatic heterocycles. The number of nitrogens with zero attached hydrogens (tertiary/aromatic N) is 1. The fourth-order valence-corrected chi connectivity index (χ4v) is 2.65. The molecular weight excluding hydrogens is 288 g/mol. The van der Waals surface area contributed by atoms with Crippen LogP contribution in [-0.2, 0) is 4.74 Å². The van der Waals surface area contributed by atoms with Crippen LogP contribution in [0.5, 0.6) is 0 Å². The number of anilines is 1. The molecule has 0 saturated heterocycles. The van der Waals surface area contributed by atoms with E-state index < -0.39 is 5.97 Å². The molecule has 3 rings (SSSR count). The van der Waals surface area contributed by atoms with E-state index in [0.717, 1.165) is 16.0 Å². The summed E-state index contributed by atoms with van der Waals surface area (Å²) in [6, 6.07) is 12.5. The van der Waals surface area contributed by atoms with Gasteiger partial charge in [-0.1, -0.05) is 12.1 Å². The van der Waals surface area contributed by atoms with Crippen molar-refractivity contribution < 1.29 is 13.9 Å². The Hall–Kier alpha value is -2.47. The number of hydrogen-bond donors (Lipinski definition) is 1. The smallest absolute Gasteiger partial charge is 0.337 e. The van der Waals surface area contributed by atoms with Gasteiger partial charge in [0.05, 0.1) is 12.7 Å². The molecule has 0 radical (unpaired) electrons. The average molecular weight is 300 g/mol. The van der Waals surface area contributed by atoms with Gasteiger partial charge in [-0.05, 0) is 42.1 Å². The summed E-state index contributed by atoms with van der Waals surface area (Å²) in [6.45, 7) is 0. The molecule has 6 heteroatoms. The Balaban J connectivity index is 1.89. The number of fused-ring (bicyclic) bond motifs is 1. The molecule has 0 amide bonds. The zero-order chi connectivity index (χ0) is 14.8. The maximum atomic E-state index is 11.4. The van der Waals surface area contributed by atoms with Crippen LogP contribution in [0.1, 0.15) is 10.4 Å². The van der Waals surface area contributed by atoms with Gasteiger partial charge in [0.25, 0.3) is 5.22 Å². The molecule has 2 aromatic carbocycles. The molecule has 0 unspecified atom stereocenters. The Kier molecular flexibility index (Phi) is 3.53. The van der Waals surface area contributed by atoms with E-state index in [2.05, 4.69) is 9.72 Å². The van der Waals surface area contributed by atoms with E-state index in [0.29, 0.717) is 16.5 Å².